The van der Waals surface area contributed by atoms with Gasteiger partial charge in [-0.25, -0.2) is 0 Å². The van der Waals surface area contributed by atoms with E-state index in [1.807, 2.05) is 0 Å². The number of hydrogen-bond acceptors (Lipinski definition) is 12. The molecule has 0 aliphatic rings. The fraction of sp³-hybridized carbons (Fsp3) is 0. The Morgan fingerprint density at radius 2 is 0.333 bits per heavy atom. The van der Waals surface area contributed by atoms with Crippen LogP contribution in [-0.4, -0.2) is 34.8 Å². The van der Waals surface area contributed by atoms with Gasteiger partial charge in [-0.2, -0.15) is 0 Å². The zero-order chi connectivity index (χ0) is 14.3. The monoisotopic (exact) mass is 261 g/mol. The second kappa shape index (κ2) is 30.4. The second-order valence-corrected chi connectivity index (χ2v) is 1.15. The van der Waals surface area contributed by atoms with Crippen molar-refractivity contribution in [3.05, 3.63) is 0 Å². The molecule has 0 aromatic rings. The summed E-state index contributed by atoms with van der Waals surface area (Å²) in [5, 5.41) is 101. The Bertz CT molecular complexity index is 62.0. The molecule has 0 saturated carbocycles. The Hall–Kier alpha value is 0.337. The summed E-state index contributed by atoms with van der Waals surface area (Å²) in [5.41, 5.74) is 0. The molecule has 0 spiro atoms. The first kappa shape index (κ1) is 36.2. The van der Waals surface area contributed by atoms with E-state index in [0.29, 0.717) is 0 Å². The van der Waals surface area contributed by atoms with Gasteiger partial charge < -0.3 is 65.8 Å². The number of rotatable bonds is 0. The van der Waals surface area contributed by atoms with Crippen LogP contribution in [0.25, 0.3) is 0 Å². The minimum atomic E-state index is -2.92. The molecule has 0 aromatic carbocycles. The first-order valence-corrected chi connectivity index (χ1v) is 2.83. The van der Waals surface area contributed by atoms with Crippen LogP contribution in [0.15, 0.2) is 0 Å². The van der Waals surface area contributed by atoms with Crippen molar-refractivity contribution in [2.24, 2.45) is 0 Å². The fourth-order valence-corrected chi connectivity index (χ4v) is 0. The third-order valence-electron chi connectivity index (χ3n) is 0. The van der Waals surface area contributed by atoms with Crippen LogP contribution in [0.5, 0.6) is 0 Å². The van der Waals surface area contributed by atoms with Gasteiger partial charge in [-0.3, -0.25) is 29.3 Å². The third kappa shape index (κ3) is 33800. The average Bonchev–Trinajstić information content (AvgIpc) is 1.76. The molecule has 0 amide bonds. The molecule has 0 atom stereocenters. The van der Waals surface area contributed by atoms with E-state index in [0.717, 1.165) is 0 Å². The van der Waals surface area contributed by atoms with Crippen LogP contribution >= 0.6 is 0 Å². The first-order chi connectivity index (χ1) is 6.93. The van der Waals surface area contributed by atoms with Crippen LogP contribution in [0.1, 0.15) is 0 Å². The zero-order valence-corrected chi connectivity index (χ0v) is 8.71. The molecule has 0 saturated heterocycles. The maximum Gasteiger partial charge on any atom is 1.00 e. The molecule has 0 bridgehead atoms. The second-order valence-electron chi connectivity index (χ2n) is 1.15. The molecule has 104 valence electrons. The van der Waals surface area contributed by atoms with Crippen LogP contribution in [0.4, 0.5) is 0 Å². The Morgan fingerprint density at radius 1 is 0.333 bits per heavy atom. The molecule has 18 heteroatoms. The first-order valence-electron chi connectivity index (χ1n) is 2.83. The molecule has 18 heavy (non-hydrogen) atoms. The van der Waals surface area contributed by atoms with Gasteiger partial charge in [0.2, 0.25) is 0 Å². The van der Waals surface area contributed by atoms with Gasteiger partial charge >= 0.3 is 18.9 Å². The molecule has 13 nitrogen and oxygen atoms in total. The fourth-order valence-electron chi connectivity index (χ4n) is 0. The summed E-state index contributed by atoms with van der Waals surface area (Å²) in [5.74, 6) is 0. The van der Waals surface area contributed by atoms with Crippen molar-refractivity contribution < 1.29 is 84.6 Å². The molecular formula is H2B4LiO13-11. The molecule has 0 aliphatic carbocycles. The average molecular weight is 260 g/mol. The van der Waals surface area contributed by atoms with Crippen molar-refractivity contribution in [1.82, 2.24) is 0 Å². The van der Waals surface area contributed by atoms with E-state index in [4.69, 9.17) is 60.3 Å². The van der Waals surface area contributed by atoms with Crippen LogP contribution in [0, 0.1) is 0 Å². The van der Waals surface area contributed by atoms with Crippen LogP contribution in [0.3, 0.4) is 0 Å². The third-order valence-corrected chi connectivity index (χ3v) is 0. The number of hydrogen-bond donors (Lipinski definition) is 0. The van der Waals surface area contributed by atoms with E-state index in [9.17, 15) is 0 Å². The van der Waals surface area contributed by atoms with E-state index in [-0.39, 0.29) is 24.3 Å². The molecule has 2 N–H and O–H groups in total. The van der Waals surface area contributed by atoms with Crippen LogP contribution in [-0.2, 0) is 0 Å². The molecular weight excluding hydrogens is 258 g/mol. The van der Waals surface area contributed by atoms with Crippen molar-refractivity contribution in [1.29, 1.82) is 0 Å². The standard InChI is InChI=1S/4BO3.Li.H2O/c4*2-1(3)4;;/h;;;;;1H2/q4*-3;+1;. The van der Waals surface area contributed by atoms with E-state index in [2.05, 4.69) is 0 Å². The van der Waals surface area contributed by atoms with Crippen LogP contribution < -0.4 is 79.1 Å². The normalized spacial score (nSPS) is 6.00. The topological polar surface area (TPSA) is 308 Å². The predicted octanol–water partition coefficient (Wildman–Crippen LogP) is -19.6. The van der Waals surface area contributed by atoms with Crippen molar-refractivity contribution in [2.45, 2.75) is 0 Å². The molecule has 0 aromatic heterocycles. The largest absolute Gasteiger partial charge is 1.00 e. The van der Waals surface area contributed by atoms with Gasteiger partial charge in [-0.1, -0.05) is 0 Å². The molecule has 0 fully saturated rings. The van der Waals surface area contributed by atoms with Gasteiger partial charge in [0.05, 0.1) is 0 Å². The van der Waals surface area contributed by atoms with Crippen LogP contribution in [0.2, 0.25) is 0 Å². The van der Waals surface area contributed by atoms with Gasteiger partial charge in [0.1, 0.15) is 0 Å². The summed E-state index contributed by atoms with van der Waals surface area (Å²) < 4.78 is 0. The van der Waals surface area contributed by atoms with Gasteiger partial charge in [-0.05, 0) is 0 Å². The summed E-state index contributed by atoms with van der Waals surface area (Å²) in [4.78, 5) is 0. The van der Waals surface area contributed by atoms with Gasteiger partial charge in [0, 0.05) is 0 Å². The molecule has 0 rings (SSSR count). The van der Waals surface area contributed by atoms with Crippen molar-refractivity contribution in [2.75, 3.05) is 0 Å². The summed E-state index contributed by atoms with van der Waals surface area (Å²) in [7, 11) is -11.7. The SMILES string of the molecule is O.[Li+].[O-]B([O-])[O-].[O-]B([O-])[O-].[O-]B([O-])[O-].[O-]B([O-])[O-]. The van der Waals surface area contributed by atoms with E-state index >= 15 is 0 Å². The molecule has 0 aliphatic heterocycles. The summed E-state index contributed by atoms with van der Waals surface area (Å²) in [6.07, 6.45) is 0. The molecule has 0 radical (unpaired) electrons. The van der Waals surface area contributed by atoms with Crippen molar-refractivity contribution >= 4 is 29.3 Å². The quantitative estimate of drug-likeness (QED) is 0.366. The summed E-state index contributed by atoms with van der Waals surface area (Å²) >= 11 is 0. The van der Waals surface area contributed by atoms with Crippen molar-refractivity contribution in [3.63, 3.8) is 0 Å². The summed E-state index contributed by atoms with van der Waals surface area (Å²) in [6, 6.07) is 0. The maximum absolute atomic E-state index is 8.42. The van der Waals surface area contributed by atoms with Gasteiger partial charge in [0.25, 0.3) is 0 Å². The summed E-state index contributed by atoms with van der Waals surface area (Å²) in [6.45, 7) is 0. The minimum Gasteiger partial charge on any atom is -0.907 e. The Kier molecular flexibility index (Phi) is 61.2. The van der Waals surface area contributed by atoms with Gasteiger partial charge in [0.15, 0.2) is 0 Å². The Balaban J connectivity index is -0.0000000257. The van der Waals surface area contributed by atoms with Crippen molar-refractivity contribution in [3.8, 4) is 0 Å². The predicted molar refractivity (Wildman–Crippen MR) is 26.6 cm³/mol. The minimum absolute atomic E-state index is 0. The Labute approximate surface area is 114 Å². The van der Waals surface area contributed by atoms with E-state index in [1.54, 1.807) is 0 Å². The molecule has 0 unspecified atom stereocenters. The van der Waals surface area contributed by atoms with E-state index in [1.165, 1.54) is 0 Å². The van der Waals surface area contributed by atoms with Gasteiger partial charge in [-0.15, -0.1) is 0 Å². The maximum atomic E-state index is 8.42. The smallest absolute Gasteiger partial charge is 0.907 e. The zero-order valence-electron chi connectivity index (χ0n) is 8.71. The van der Waals surface area contributed by atoms with E-state index < -0.39 is 29.3 Å². The Morgan fingerprint density at radius 3 is 0.333 bits per heavy atom. The molecule has 0 heterocycles.